The molecule has 0 aromatic heterocycles. The van der Waals surface area contributed by atoms with E-state index < -0.39 is 0 Å². The van der Waals surface area contributed by atoms with E-state index in [0.717, 1.165) is 48.6 Å². The first-order valence-corrected chi connectivity index (χ1v) is 14.1. The molecule has 2 aliphatic rings. The molecule has 0 bridgehead atoms. The largest absolute Gasteiger partial charge is 0.353 e. The van der Waals surface area contributed by atoms with Crippen molar-refractivity contribution in [1.82, 2.24) is 5.32 Å². The summed E-state index contributed by atoms with van der Waals surface area (Å²) in [5, 5.41) is 2.98. The molecule has 1 amide bonds. The van der Waals surface area contributed by atoms with E-state index in [2.05, 4.69) is 36.5 Å². The van der Waals surface area contributed by atoms with Crippen LogP contribution in [-0.2, 0) is 11.2 Å². The molecule has 1 N–H and O–H groups in total. The first-order valence-electron chi connectivity index (χ1n) is 14.1. The first kappa shape index (κ1) is 26.0. The minimum Gasteiger partial charge on any atom is -0.353 e. The van der Waals surface area contributed by atoms with Gasteiger partial charge >= 0.3 is 0 Å². The summed E-state index contributed by atoms with van der Waals surface area (Å²) in [6, 6.07) is 9.39. The maximum Gasteiger partial charge on any atom is 0.243 e. The Balaban J connectivity index is 1.34. The van der Waals surface area contributed by atoms with Crippen LogP contribution in [0.2, 0.25) is 0 Å². The average Bonchev–Trinajstić information content (AvgIpc) is 2.83. The van der Waals surface area contributed by atoms with Crippen LogP contribution >= 0.6 is 0 Å². The van der Waals surface area contributed by atoms with Crippen molar-refractivity contribution in [3.8, 4) is 0 Å². The van der Waals surface area contributed by atoms with E-state index in [-0.39, 0.29) is 5.91 Å². The van der Waals surface area contributed by atoms with E-state index in [0.29, 0.717) is 0 Å². The fourth-order valence-corrected chi connectivity index (χ4v) is 6.33. The number of amides is 1. The molecule has 2 heteroatoms. The molecule has 0 aliphatic heterocycles. The number of carbonyl (C=O) groups excluding carboxylic acids is 1. The molecule has 0 heterocycles. The number of hydrogen-bond donors (Lipinski definition) is 1. The Bertz CT molecular complexity index is 714. The van der Waals surface area contributed by atoms with E-state index in [9.17, 15) is 4.79 Å². The second kappa shape index (κ2) is 14.0. The number of hydrogen-bond acceptors (Lipinski definition) is 1. The highest BCUT2D eigenvalue weighted by atomic mass is 16.1. The molecule has 0 saturated heterocycles. The van der Waals surface area contributed by atoms with Crippen molar-refractivity contribution in [2.24, 2.45) is 17.8 Å². The normalized spacial score (nSPS) is 25.4. The molecule has 2 fully saturated rings. The monoisotopic (exact) mass is 451 g/mol. The van der Waals surface area contributed by atoms with Crippen molar-refractivity contribution >= 4 is 5.91 Å². The molecular weight excluding hydrogens is 402 g/mol. The van der Waals surface area contributed by atoms with Gasteiger partial charge in [-0.15, -0.1) is 0 Å². The van der Waals surface area contributed by atoms with Gasteiger partial charge in [0.2, 0.25) is 5.91 Å². The van der Waals surface area contributed by atoms with Crippen LogP contribution in [0.3, 0.4) is 0 Å². The van der Waals surface area contributed by atoms with Crippen molar-refractivity contribution in [2.75, 3.05) is 6.54 Å². The van der Waals surface area contributed by atoms with Crippen LogP contribution in [0.25, 0.3) is 0 Å². The van der Waals surface area contributed by atoms with Gasteiger partial charge in [-0.2, -0.15) is 0 Å². The van der Waals surface area contributed by atoms with Crippen LogP contribution in [0.1, 0.15) is 121 Å². The summed E-state index contributed by atoms with van der Waals surface area (Å²) in [6.45, 7) is 6.97. The number of benzene rings is 1. The van der Waals surface area contributed by atoms with E-state index in [4.69, 9.17) is 0 Å². The Hall–Kier alpha value is -1.57. The molecule has 184 valence electrons. The van der Waals surface area contributed by atoms with Crippen LogP contribution in [-0.4, -0.2) is 12.5 Å². The molecule has 0 radical (unpaired) electrons. The third-order valence-electron chi connectivity index (χ3n) is 8.36. The Kier molecular flexibility index (Phi) is 11.0. The van der Waals surface area contributed by atoms with Crippen LogP contribution in [0.5, 0.6) is 0 Å². The number of allylic oxidation sites excluding steroid dienone is 1. The summed E-state index contributed by atoms with van der Waals surface area (Å²) in [5.74, 6) is 3.85. The molecule has 1 aromatic rings. The molecule has 0 spiro atoms. The summed E-state index contributed by atoms with van der Waals surface area (Å²) in [6.07, 6.45) is 21.1. The number of unbranched alkanes of at least 4 members (excludes halogenated alkanes) is 2. The summed E-state index contributed by atoms with van der Waals surface area (Å²) in [4.78, 5) is 11.7. The summed E-state index contributed by atoms with van der Waals surface area (Å²) in [5.41, 5.74) is 3.98. The summed E-state index contributed by atoms with van der Waals surface area (Å²) < 4.78 is 0. The van der Waals surface area contributed by atoms with E-state index in [1.54, 1.807) is 11.6 Å². The molecule has 3 rings (SSSR count). The molecule has 0 unspecified atom stereocenters. The summed E-state index contributed by atoms with van der Waals surface area (Å²) >= 11 is 0. The van der Waals surface area contributed by atoms with Gasteiger partial charge in [0.05, 0.1) is 0 Å². The molecule has 2 nitrogen and oxygen atoms in total. The van der Waals surface area contributed by atoms with E-state index in [1.807, 2.05) is 13.8 Å². The van der Waals surface area contributed by atoms with E-state index in [1.165, 1.54) is 82.6 Å². The molecule has 1 aromatic carbocycles. The predicted octanol–water partition coefficient (Wildman–Crippen LogP) is 8.36. The zero-order chi connectivity index (χ0) is 23.5. The minimum absolute atomic E-state index is 0.0287. The molecule has 2 aliphatic carbocycles. The van der Waals surface area contributed by atoms with Crippen molar-refractivity contribution in [2.45, 2.75) is 117 Å². The van der Waals surface area contributed by atoms with Crippen LogP contribution in [0.15, 0.2) is 35.9 Å². The lowest BCUT2D eigenvalue weighted by Gasteiger charge is -2.38. The zero-order valence-corrected chi connectivity index (χ0v) is 21.7. The molecular formula is C31H49NO. The fraction of sp³-hybridized carbons (Fsp3) is 0.710. The highest BCUT2D eigenvalue weighted by Gasteiger charge is 2.31. The maximum absolute atomic E-state index is 11.7. The molecule has 2 saturated carbocycles. The fourth-order valence-electron chi connectivity index (χ4n) is 6.33. The lowest BCUT2D eigenvalue weighted by molar-refractivity contribution is -0.116. The maximum atomic E-state index is 11.7. The topological polar surface area (TPSA) is 29.1 Å². The number of aryl methyl sites for hydroxylation is 1. The Morgan fingerprint density at radius 2 is 1.52 bits per heavy atom. The second-order valence-corrected chi connectivity index (χ2v) is 11.2. The lowest BCUT2D eigenvalue weighted by Crippen LogP contribution is -2.25. The van der Waals surface area contributed by atoms with Gasteiger partial charge in [0, 0.05) is 12.6 Å². The van der Waals surface area contributed by atoms with Crippen LogP contribution in [0.4, 0.5) is 0 Å². The Morgan fingerprint density at radius 1 is 0.879 bits per heavy atom. The van der Waals surface area contributed by atoms with Crippen LogP contribution in [0, 0.1) is 17.8 Å². The molecule has 0 atom stereocenters. The summed E-state index contributed by atoms with van der Waals surface area (Å²) in [7, 11) is 0. The smallest absolute Gasteiger partial charge is 0.243 e. The third-order valence-corrected chi connectivity index (χ3v) is 8.36. The lowest BCUT2D eigenvalue weighted by atomic mass is 9.68. The van der Waals surface area contributed by atoms with E-state index >= 15 is 0 Å². The van der Waals surface area contributed by atoms with Crippen molar-refractivity contribution in [3.63, 3.8) is 0 Å². The SMILES string of the molecule is CCCCCC1CCC(C2CCC(c3ccc(CCCNC(=O)C=C(C)C)cc3)CC2)CC1. The average molecular weight is 452 g/mol. The van der Waals surface area contributed by atoms with Gasteiger partial charge in [-0.3, -0.25) is 4.79 Å². The molecule has 33 heavy (non-hydrogen) atoms. The van der Waals surface area contributed by atoms with Gasteiger partial charge in [0.25, 0.3) is 0 Å². The van der Waals surface area contributed by atoms with Crippen molar-refractivity contribution in [1.29, 1.82) is 0 Å². The number of nitrogens with one attached hydrogen (secondary N) is 1. The van der Waals surface area contributed by atoms with Gasteiger partial charge in [0.15, 0.2) is 0 Å². The van der Waals surface area contributed by atoms with Crippen LogP contribution < -0.4 is 5.32 Å². The highest BCUT2D eigenvalue weighted by Crippen LogP contribution is 2.44. The predicted molar refractivity (Wildman–Crippen MR) is 141 cm³/mol. The highest BCUT2D eigenvalue weighted by molar-refractivity contribution is 5.87. The van der Waals surface area contributed by atoms with Gasteiger partial charge in [-0.1, -0.05) is 75.3 Å². The first-order chi connectivity index (χ1) is 16.0. The number of rotatable bonds is 11. The van der Waals surface area contributed by atoms with Crippen molar-refractivity contribution < 1.29 is 4.79 Å². The van der Waals surface area contributed by atoms with Gasteiger partial charge in [-0.25, -0.2) is 0 Å². The van der Waals surface area contributed by atoms with Crippen molar-refractivity contribution in [3.05, 3.63) is 47.0 Å². The Labute approximate surface area is 204 Å². The Morgan fingerprint density at radius 3 is 2.12 bits per heavy atom. The van der Waals surface area contributed by atoms with Gasteiger partial charge < -0.3 is 5.32 Å². The standard InChI is InChI=1S/C31H49NO/c1-4-5-6-8-25-10-14-27(15-11-25)29-18-20-30(21-19-29)28-16-12-26(13-17-28)9-7-22-32-31(33)23-24(2)3/h12-13,16-17,23,25,27,29-30H,4-11,14-15,18-22H2,1-3H3,(H,32,33). The second-order valence-electron chi connectivity index (χ2n) is 11.2. The number of carbonyl (C=O) groups is 1. The third kappa shape index (κ3) is 8.95. The van der Waals surface area contributed by atoms with Gasteiger partial charge in [-0.05, 0) is 100 Å². The minimum atomic E-state index is 0.0287. The quantitative estimate of drug-likeness (QED) is 0.266. The van der Waals surface area contributed by atoms with Gasteiger partial charge in [0.1, 0.15) is 0 Å². The zero-order valence-electron chi connectivity index (χ0n) is 21.7.